The zero-order chi connectivity index (χ0) is 19.2. The van der Waals surface area contributed by atoms with E-state index >= 15 is 0 Å². The van der Waals surface area contributed by atoms with E-state index in [2.05, 4.69) is 43.8 Å². The second-order valence-corrected chi connectivity index (χ2v) is 12.5. The van der Waals surface area contributed by atoms with E-state index in [9.17, 15) is 0 Å². The van der Waals surface area contributed by atoms with Crippen molar-refractivity contribution in [3.63, 3.8) is 0 Å². The first-order valence-electron chi connectivity index (χ1n) is 8.91. The van der Waals surface area contributed by atoms with Crippen LogP contribution in [0.1, 0.15) is 26.5 Å². The molecular formula is C20H30N2O3Si. The number of hydrogen-bond donors (Lipinski definition) is 0. The van der Waals surface area contributed by atoms with Crippen molar-refractivity contribution >= 4 is 8.32 Å². The van der Waals surface area contributed by atoms with Crippen molar-refractivity contribution in [2.24, 2.45) is 0 Å². The van der Waals surface area contributed by atoms with Crippen molar-refractivity contribution in [3.8, 4) is 17.1 Å². The largest absolute Gasteiger partial charge is 0.496 e. The third kappa shape index (κ3) is 5.36. The van der Waals surface area contributed by atoms with Crippen LogP contribution in [-0.4, -0.2) is 38.6 Å². The number of rotatable bonds is 8. The van der Waals surface area contributed by atoms with Gasteiger partial charge in [-0.3, -0.25) is 0 Å². The summed E-state index contributed by atoms with van der Waals surface area (Å²) in [6, 6.07) is 9.60. The molecule has 0 aliphatic heterocycles. The molecule has 2 rings (SSSR count). The van der Waals surface area contributed by atoms with Crippen LogP contribution in [0.5, 0.6) is 5.75 Å². The molecule has 0 spiro atoms. The van der Waals surface area contributed by atoms with Gasteiger partial charge >= 0.3 is 0 Å². The molecule has 2 aromatic rings. The predicted molar refractivity (Wildman–Crippen MR) is 107 cm³/mol. The number of ether oxygens (including phenoxy) is 2. The van der Waals surface area contributed by atoms with Gasteiger partial charge < -0.3 is 13.9 Å². The summed E-state index contributed by atoms with van der Waals surface area (Å²) in [5.74, 6) is 1.40. The van der Waals surface area contributed by atoms with Crippen LogP contribution in [-0.2, 0) is 15.8 Å². The molecule has 0 bridgehead atoms. The molecule has 1 aromatic heterocycles. The molecule has 0 fully saturated rings. The maximum Gasteiger partial charge on any atom is 0.192 e. The first kappa shape index (κ1) is 20.5. The molecule has 0 N–H and O–H groups in total. The summed E-state index contributed by atoms with van der Waals surface area (Å²) in [7, 11) is -0.0703. The number of para-hydroxylation sites is 1. The number of aromatic nitrogens is 2. The summed E-state index contributed by atoms with van der Waals surface area (Å²) in [6.07, 6.45) is 1.75. The minimum Gasteiger partial charge on any atom is -0.496 e. The third-order valence-corrected chi connectivity index (χ3v) is 9.35. The molecule has 5 nitrogen and oxygen atoms in total. The lowest BCUT2D eigenvalue weighted by molar-refractivity contribution is 0.0827. The number of benzene rings is 1. The van der Waals surface area contributed by atoms with Crippen LogP contribution in [0, 0.1) is 0 Å². The Morgan fingerprint density at radius 1 is 1.04 bits per heavy atom. The summed E-state index contributed by atoms with van der Waals surface area (Å²) in [5.41, 5.74) is 1.71. The Kier molecular flexibility index (Phi) is 6.92. The Hall–Kier alpha value is -1.76. The van der Waals surface area contributed by atoms with E-state index < -0.39 is 8.32 Å². The van der Waals surface area contributed by atoms with Crippen LogP contribution in [0.3, 0.4) is 0 Å². The van der Waals surface area contributed by atoms with Gasteiger partial charge in [-0.2, -0.15) is 0 Å². The van der Waals surface area contributed by atoms with E-state index in [1.807, 2.05) is 30.3 Å². The SMILES string of the molecule is COc1ccccc1-c1nccc(COCCO[Si](C)(C)C(C)(C)C)n1. The van der Waals surface area contributed by atoms with Gasteiger partial charge in [0.25, 0.3) is 0 Å². The fourth-order valence-electron chi connectivity index (χ4n) is 2.18. The number of hydrogen-bond acceptors (Lipinski definition) is 5. The topological polar surface area (TPSA) is 53.5 Å². The Bertz CT molecular complexity index is 714. The highest BCUT2D eigenvalue weighted by atomic mass is 28.4. The Morgan fingerprint density at radius 3 is 2.46 bits per heavy atom. The Balaban J connectivity index is 1.90. The summed E-state index contributed by atoms with van der Waals surface area (Å²) in [5, 5.41) is 0.212. The minimum atomic E-state index is -1.72. The summed E-state index contributed by atoms with van der Waals surface area (Å²) < 4.78 is 17.3. The van der Waals surface area contributed by atoms with Crippen LogP contribution < -0.4 is 4.74 Å². The highest BCUT2D eigenvalue weighted by Crippen LogP contribution is 2.36. The van der Waals surface area contributed by atoms with Crippen LogP contribution in [0.2, 0.25) is 18.1 Å². The second kappa shape index (κ2) is 8.75. The molecule has 0 aliphatic rings. The monoisotopic (exact) mass is 374 g/mol. The van der Waals surface area contributed by atoms with Crippen molar-refractivity contribution in [2.75, 3.05) is 20.3 Å². The van der Waals surface area contributed by atoms with Gasteiger partial charge in [-0.1, -0.05) is 32.9 Å². The quantitative estimate of drug-likeness (QED) is 0.495. The molecule has 142 valence electrons. The van der Waals surface area contributed by atoms with Crippen molar-refractivity contribution in [1.29, 1.82) is 0 Å². The first-order valence-corrected chi connectivity index (χ1v) is 11.8. The van der Waals surface area contributed by atoms with Crippen LogP contribution in [0.15, 0.2) is 36.5 Å². The second-order valence-electron chi connectivity index (χ2n) is 7.73. The first-order chi connectivity index (χ1) is 12.2. The maximum atomic E-state index is 6.12. The van der Waals surface area contributed by atoms with Gasteiger partial charge in [0.1, 0.15) is 5.75 Å². The molecule has 1 heterocycles. The Morgan fingerprint density at radius 2 is 1.77 bits per heavy atom. The lowest BCUT2D eigenvalue weighted by Gasteiger charge is -2.36. The fourth-order valence-corrected chi connectivity index (χ4v) is 3.21. The predicted octanol–water partition coefficient (Wildman–Crippen LogP) is 4.69. The normalized spacial score (nSPS) is 12.2. The van der Waals surface area contributed by atoms with Gasteiger partial charge in [-0.25, -0.2) is 9.97 Å². The molecule has 0 unspecified atom stereocenters. The molecule has 0 saturated heterocycles. The van der Waals surface area contributed by atoms with E-state index in [1.165, 1.54) is 0 Å². The highest BCUT2D eigenvalue weighted by molar-refractivity contribution is 6.74. The average Bonchev–Trinajstić information content (AvgIpc) is 2.60. The molecule has 1 aromatic carbocycles. The van der Waals surface area contributed by atoms with Gasteiger partial charge in [0.15, 0.2) is 14.1 Å². The zero-order valence-electron chi connectivity index (χ0n) is 16.7. The van der Waals surface area contributed by atoms with Crippen molar-refractivity contribution < 1.29 is 13.9 Å². The average molecular weight is 375 g/mol. The summed E-state index contributed by atoms with van der Waals surface area (Å²) in [6.45, 7) is 12.8. The van der Waals surface area contributed by atoms with Crippen LogP contribution in [0.4, 0.5) is 0 Å². The van der Waals surface area contributed by atoms with Gasteiger partial charge in [0, 0.05) is 6.20 Å². The minimum absolute atomic E-state index is 0.212. The zero-order valence-corrected chi connectivity index (χ0v) is 17.7. The van der Waals surface area contributed by atoms with E-state index in [4.69, 9.17) is 13.9 Å². The van der Waals surface area contributed by atoms with Gasteiger partial charge in [-0.05, 0) is 36.3 Å². The van der Waals surface area contributed by atoms with Crippen molar-refractivity contribution in [3.05, 3.63) is 42.2 Å². The van der Waals surface area contributed by atoms with E-state index in [0.717, 1.165) is 17.0 Å². The number of methoxy groups -OCH3 is 1. The molecule has 6 heteroatoms. The van der Waals surface area contributed by atoms with E-state index in [-0.39, 0.29) is 5.04 Å². The Labute approximate surface area is 157 Å². The smallest absolute Gasteiger partial charge is 0.192 e. The van der Waals surface area contributed by atoms with Crippen LogP contribution in [0.25, 0.3) is 11.4 Å². The van der Waals surface area contributed by atoms with Gasteiger partial charge in [0.2, 0.25) is 0 Å². The van der Waals surface area contributed by atoms with E-state index in [0.29, 0.717) is 25.6 Å². The van der Waals surface area contributed by atoms with Crippen LogP contribution >= 0.6 is 0 Å². The fraction of sp³-hybridized carbons (Fsp3) is 0.500. The molecule has 0 saturated carbocycles. The molecule has 0 aliphatic carbocycles. The molecule has 0 atom stereocenters. The molecule has 0 amide bonds. The summed E-state index contributed by atoms with van der Waals surface area (Å²) in [4.78, 5) is 8.95. The standard InChI is InChI=1S/C20H30N2O3Si/c1-20(2,3)26(5,6)25-14-13-24-15-16-11-12-21-19(22-16)17-9-7-8-10-18(17)23-4/h7-12H,13-15H2,1-6H3. The summed E-state index contributed by atoms with van der Waals surface area (Å²) >= 11 is 0. The lowest BCUT2D eigenvalue weighted by atomic mass is 10.2. The van der Waals surface area contributed by atoms with Crippen molar-refractivity contribution in [2.45, 2.75) is 45.5 Å². The molecule has 0 radical (unpaired) electrons. The molecule has 26 heavy (non-hydrogen) atoms. The van der Waals surface area contributed by atoms with Crippen molar-refractivity contribution in [1.82, 2.24) is 9.97 Å². The highest BCUT2D eigenvalue weighted by Gasteiger charge is 2.36. The maximum absolute atomic E-state index is 6.12. The van der Waals surface area contributed by atoms with Gasteiger partial charge in [0.05, 0.1) is 38.2 Å². The van der Waals surface area contributed by atoms with Gasteiger partial charge in [-0.15, -0.1) is 0 Å². The lowest BCUT2D eigenvalue weighted by Crippen LogP contribution is -2.41. The molecular weight excluding hydrogens is 344 g/mol. The van der Waals surface area contributed by atoms with E-state index in [1.54, 1.807) is 13.3 Å². The third-order valence-electron chi connectivity index (χ3n) is 4.81. The number of nitrogens with zero attached hydrogens (tertiary/aromatic N) is 2.